The van der Waals surface area contributed by atoms with Crippen molar-refractivity contribution in [2.75, 3.05) is 37.4 Å². The number of halogens is 2. The van der Waals surface area contributed by atoms with Gasteiger partial charge in [-0.2, -0.15) is 15.9 Å². The van der Waals surface area contributed by atoms with Crippen LogP contribution < -0.4 is 15.9 Å². The van der Waals surface area contributed by atoms with Gasteiger partial charge in [-0.05, 0) is 48.2 Å². The predicted octanol–water partition coefficient (Wildman–Crippen LogP) is 3.43. The molecule has 0 bridgehead atoms. The number of nitrogens with zero attached hydrogens (tertiary/aromatic N) is 3. The molecule has 1 N–H and O–H groups in total. The number of hydrogen-bond donors (Lipinski definition) is 2. The van der Waals surface area contributed by atoms with E-state index < -0.39 is 10.9 Å². The van der Waals surface area contributed by atoms with Gasteiger partial charge in [0.05, 0.1) is 18.2 Å². The summed E-state index contributed by atoms with van der Waals surface area (Å²) in [5.74, 6) is 1.13. The van der Waals surface area contributed by atoms with Gasteiger partial charge < -0.3 is 15.0 Å². The zero-order valence-corrected chi connectivity index (χ0v) is 19.7. The summed E-state index contributed by atoms with van der Waals surface area (Å²) in [6.45, 7) is 4.97. The van der Waals surface area contributed by atoms with Crippen LogP contribution in [0.25, 0.3) is 10.9 Å². The van der Waals surface area contributed by atoms with Crippen LogP contribution in [0.1, 0.15) is 6.92 Å². The van der Waals surface area contributed by atoms with Gasteiger partial charge in [-0.1, -0.05) is 11.6 Å². The summed E-state index contributed by atoms with van der Waals surface area (Å²) in [6, 6.07) is 10.7. The number of thiol groups is 1. The molecule has 3 atom stereocenters. The second-order valence-electron chi connectivity index (χ2n) is 8.34. The second-order valence-corrected chi connectivity index (χ2v) is 11.0. The summed E-state index contributed by atoms with van der Waals surface area (Å²) < 4.78 is 21.1. The summed E-state index contributed by atoms with van der Waals surface area (Å²) in [6.07, 6.45) is -0.163. The molecule has 1 fully saturated rings. The van der Waals surface area contributed by atoms with E-state index in [-0.39, 0.29) is 23.7 Å². The Bertz CT molecular complexity index is 1220. The highest BCUT2D eigenvalue weighted by molar-refractivity contribution is 8.17. The van der Waals surface area contributed by atoms with Gasteiger partial charge >= 0.3 is 5.69 Å². The van der Waals surface area contributed by atoms with Crippen molar-refractivity contribution in [3.8, 4) is 0 Å². The maximum Gasteiger partial charge on any atom is 0.350 e. The molecule has 1 aromatic heterocycles. The second kappa shape index (κ2) is 8.67. The number of methoxy groups -OCH3 is 1. The first-order valence-corrected chi connectivity index (χ1v) is 12.6. The fourth-order valence-electron chi connectivity index (χ4n) is 4.67. The predicted molar refractivity (Wildman–Crippen MR) is 128 cm³/mol. The minimum Gasteiger partial charge on any atom is -0.379 e. The summed E-state index contributed by atoms with van der Waals surface area (Å²) in [7, 11) is 0.745. The molecule has 0 spiro atoms. The van der Waals surface area contributed by atoms with Crippen molar-refractivity contribution >= 4 is 39.2 Å². The Morgan fingerprint density at radius 3 is 2.78 bits per heavy atom. The van der Waals surface area contributed by atoms with Crippen molar-refractivity contribution < 1.29 is 9.13 Å². The largest absolute Gasteiger partial charge is 0.379 e. The van der Waals surface area contributed by atoms with E-state index >= 15 is 0 Å². The minimum absolute atomic E-state index is 0.163. The molecule has 0 radical (unpaired) electrons. The van der Waals surface area contributed by atoms with Crippen LogP contribution in [-0.2, 0) is 11.3 Å². The van der Waals surface area contributed by atoms with Gasteiger partial charge in [0.1, 0.15) is 11.6 Å². The third kappa shape index (κ3) is 3.79. The fourth-order valence-corrected chi connectivity index (χ4v) is 7.63. The number of anilines is 1. The molecule has 6 nitrogen and oxygen atoms in total. The number of hydrogen-bond acceptors (Lipinski definition) is 5. The van der Waals surface area contributed by atoms with E-state index in [0.717, 1.165) is 40.3 Å². The SMILES string of the molecule is CO[C@@H]1Cn2c(=O)nc(N3CCNC[C@H]3C)c3cc(Cl)cc(c32)[SH](c2ccc(F)cc2)C1. The van der Waals surface area contributed by atoms with Crippen molar-refractivity contribution in [2.45, 2.75) is 35.4 Å². The first kappa shape index (κ1) is 21.7. The maximum absolute atomic E-state index is 13.7. The highest BCUT2D eigenvalue weighted by Crippen LogP contribution is 2.51. The quantitative estimate of drug-likeness (QED) is 0.567. The van der Waals surface area contributed by atoms with Crippen molar-refractivity contribution in [3.05, 3.63) is 57.7 Å². The molecular formula is C23H26ClFN4O2S. The lowest BCUT2D eigenvalue weighted by molar-refractivity contribution is 0.107. The summed E-state index contributed by atoms with van der Waals surface area (Å²) >= 11 is 6.64. The Hall–Kier alpha value is -2.13. The van der Waals surface area contributed by atoms with Crippen LogP contribution in [0, 0.1) is 5.82 Å². The van der Waals surface area contributed by atoms with Crippen molar-refractivity contribution in [1.29, 1.82) is 0 Å². The molecule has 1 saturated heterocycles. The molecule has 9 heteroatoms. The van der Waals surface area contributed by atoms with E-state index in [1.165, 1.54) is 12.1 Å². The van der Waals surface area contributed by atoms with Gasteiger partial charge in [-0.25, -0.2) is 9.18 Å². The summed E-state index contributed by atoms with van der Waals surface area (Å²) in [4.78, 5) is 22.0. The first-order valence-electron chi connectivity index (χ1n) is 10.7. The van der Waals surface area contributed by atoms with E-state index in [0.29, 0.717) is 23.1 Å². The Morgan fingerprint density at radius 1 is 1.28 bits per heavy atom. The average Bonchev–Trinajstić information content (AvgIpc) is 2.95. The van der Waals surface area contributed by atoms with Gasteiger partial charge in [0, 0.05) is 53.8 Å². The third-order valence-corrected chi connectivity index (χ3v) is 9.14. The molecule has 1 unspecified atom stereocenters. The maximum atomic E-state index is 13.7. The molecule has 3 heterocycles. The minimum atomic E-state index is -0.920. The lowest BCUT2D eigenvalue weighted by atomic mass is 10.1. The Balaban J connectivity index is 1.80. The molecular weight excluding hydrogens is 451 g/mol. The zero-order chi connectivity index (χ0) is 22.4. The number of benzene rings is 2. The molecule has 0 saturated carbocycles. The lowest BCUT2D eigenvalue weighted by Crippen LogP contribution is -2.51. The van der Waals surface area contributed by atoms with Gasteiger partial charge in [-0.15, -0.1) is 0 Å². The van der Waals surface area contributed by atoms with Crippen molar-refractivity contribution in [3.63, 3.8) is 0 Å². The Labute approximate surface area is 193 Å². The standard InChI is InChI=1S/C23H26ClFN4O2S/c1-14-11-26-7-8-28(14)22-19-9-15(24)10-20-21(19)29(23(30)27-22)12-17(31-2)13-32(20)18-5-3-16(25)4-6-18/h3-6,9-10,14,17,26,32H,7-8,11-13H2,1-2H3/t14-,17-/m1/s1. The summed E-state index contributed by atoms with van der Waals surface area (Å²) in [5, 5.41) is 4.87. The first-order chi connectivity index (χ1) is 15.5. The van der Waals surface area contributed by atoms with Crippen LogP contribution in [0.15, 0.2) is 51.0 Å². The van der Waals surface area contributed by atoms with Crippen molar-refractivity contribution in [1.82, 2.24) is 14.9 Å². The molecule has 0 aliphatic carbocycles. The number of piperazine rings is 1. The smallest absolute Gasteiger partial charge is 0.350 e. The molecule has 32 heavy (non-hydrogen) atoms. The van der Waals surface area contributed by atoms with E-state index in [9.17, 15) is 9.18 Å². The van der Waals surface area contributed by atoms with Crippen LogP contribution in [0.3, 0.4) is 0 Å². The molecule has 2 aromatic carbocycles. The Morgan fingerprint density at radius 2 is 2.06 bits per heavy atom. The topological polar surface area (TPSA) is 59.4 Å². The van der Waals surface area contributed by atoms with Gasteiger partial charge in [0.25, 0.3) is 0 Å². The molecule has 2 aliphatic rings. The highest BCUT2D eigenvalue weighted by atomic mass is 35.5. The average molecular weight is 477 g/mol. The lowest BCUT2D eigenvalue weighted by Gasteiger charge is -2.35. The highest BCUT2D eigenvalue weighted by Gasteiger charge is 2.30. The molecule has 0 amide bonds. The third-order valence-electron chi connectivity index (χ3n) is 6.31. The van der Waals surface area contributed by atoms with Crippen LogP contribution in [0.2, 0.25) is 5.02 Å². The zero-order valence-electron chi connectivity index (χ0n) is 18.0. The number of rotatable bonds is 3. The molecule has 3 aromatic rings. The van der Waals surface area contributed by atoms with E-state index in [1.807, 2.05) is 24.3 Å². The number of nitrogens with one attached hydrogen (secondary N) is 1. The number of ether oxygens (including phenoxy) is 1. The van der Waals surface area contributed by atoms with Crippen LogP contribution >= 0.6 is 22.5 Å². The monoisotopic (exact) mass is 476 g/mol. The van der Waals surface area contributed by atoms with Crippen LogP contribution in [0.5, 0.6) is 0 Å². The van der Waals surface area contributed by atoms with E-state index in [1.54, 1.807) is 11.7 Å². The fraction of sp³-hybridized carbons (Fsp3) is 0.391. The molecule has 5 rings (SSSR count). The van der Waals surface area contributed by atoms with Gasteiger partial charge in [0.2, 0.25) is 0 Å². The number of aromatic nitrogens is 2. The normalized spacial score (nSPS) is 24.5. The van der Waals surface area contributed by atoms with E-state index in [4.69, 9.17) is 16.3 Å². The van der Waals surface area contributed by atoms with Gasteiger partial charge in [0.15, 0.2) is 0 Å². The molecule has 170 valence electrons. The van der Waals surface area contributed by atoms with Crippen LogP contribution in [-0.4, -0.2) is 54.2 Å². The van der Waals surface area contributed by atoms with Crippen molar-refractivity contribution in [2.24, 2.45) is 0 Å². The Kier molecular flexibility index (Phi) is 5.88. The van der Waals surface area contributed by atoms with Gasteiger partial charge in [-0.3, -0.25) is 4.57 Å². The van der Waals surface area contributed by atoms with Crippen LogP contribution in [0.4, 0.5) is 10.2 Å². The van der Waals surface area contributed by atoms with E-state index in [2.05, 4.69) is 22.1 Å². The summed E-state index contributed by atoms with van der Waals surface area (Å²) in [5.41, 5.74) is 0.588. The molecule has 2 aliphatic heterocycles.